The van der Waals surface area contributed by atoms with Crippen LogP contribution in [0.5, 0.6) is 11.5 Å². The molecule has 27 heavy (non-hydrogen) atoms. The van der Waals surface area contributed by atoms with Crippen molar-refractivity contribution in [3.63, 3.8) is 0 Å². The van der Waals surface area contributed by atoms with Crippen LogP contribution in [0.1, 0.15) is 0 Å². The fourth-order valence-electron chi connectivity index (χ4n) is 3.71. The number of ether oxygens (including phenoxy) is 2. The van der Waals surface area contributed by atoms with Gasteiger partial charge in [-0.2, -0.15) is 0 Å². The quantitative estimate of drug-likeness (QED) is 0.660. The molecule has 1 aliphatic rings. The standard InChI is InChI=1S/C23H26N2O2/c1-26-23-11-5-4-10-21(23)25-15-13-24(14-16-25)17-18-27-22-12-6-8-19-7-2-3-9-20(19)22/h2-12H,13-18H2,1H3. The van der Waals surface area contributed by atoms with Crippen LogP contribution >= 0.6 is 0 Å². The van der Waals surface area contributed by atoms with Gasteiger partial charge in [-0.3, -0.25) is 4.90 Å². The van der Waals surface area contributed by atoms with Gasteiger partial charge in [0.05, 0.1) is 12.8 Å². The first-order valence-electron chi connectivity index (χ1n) is 9.56. The van der Waals surface area contributed by atoms with Gasteiger partial charge in [-0.15, -0.1) is 0 Å². The van der Waals surface area contributed by atoms with E-state index in [0.717, 1.165) is 44.2 Å². The second-order valence-corrected chi connectivity index (χ2v) is 6.83. The summed E-state index contributed by atoms with van der Waals surface area (Å²) in [5.74, 6) is 1.92. The Morgan fingerprint density at radius 1 is 0.778 bits per heavy atom. The predicted octanol–water partition coefficient (Wildman–Crippen LogP) is 4.05. The Labute approximate surface area is 160 Å². The molecular formula is C23H26N2O2. The van der Waals surface area contributed by atoms with Gasteiger partial charge in [-0.05, 0) is 23.6 Å². The third kappa shape index (κ3) is 4.01. The lowest BCUT2D eigenvalue weighted by Gasteiger charge is -2.36. The average molecular weight is 362 g/mol. The maximum atomic E-state index is 6.09. The molecule has 1 saturated heterocycles. The Balaban J connectivity index is 1.30. The van der Waals surface area contributed by atoms with Crippen LogP contribution < -0.4 is 14.4 Å². The van der Waals surface area contributed by atoms with Gasteiger partial charge in [0.1, 0.15) is 18.1 Å². The Morgan fingerprint density at radius 2 is 1.48 bits per heavy atom. The summed E-state index contributed by atoms with van der Waals surface area (Å²) in [5.41, 5.74) is 1.19. The van der Waals surface area contributed by atoms with Gasteiger partial charge in [0, 0.05) is 38.1 Å². The summed E-state index contributed by atoms with van der Waals surface area (Å²) in [5, 5.41) is 2.40. The molecule has 3 aromatic rings. The average Bonchev–Trinajstić information content (AvgIpc) is 2.74. The van der Waals surface area contributed by atoms with Crippen LogP contribution in [0.4, 0.5) is 5.69 Å². The van der Waals surface area contributed by atoms with Crippen molar-refractivity contribution in [2.45, 2.75) is 0 Å². The van der Waals surface area contributed by atoms with Crippen LogP contribution in [0.2, 0.25) is 0 Å². The van der Waals surface area contributed by atoms with E-state index in [1.807, 2.05) is 12.1 Å². The second kappa shape index (κ2) is 8.31. The molecule has 1 fully saturated rings. The maximum Gasteiger partial charge on any atom is 0.142 e. The Kier molecular flexibility index (Phi) is 5.45. The number of methoxy groups -OCH3 is 1. The molecule has 0 unspecified atom stereocenters. The summed E-state index contributed by atoms with van der Waals surface area (Å²) >= 11 is 0. The predicted molar refractivity (Wildman–Crippen MR) is 111 cm³/mol. The van der Waals surface area contributed by atoms with Gasteiger partial charge in [0.2, 0.25) is 0 Å². The molecule has 0 radical (unpaired) electrons. The van der Waals surface area contributed by atoms with Crippen LogP contribution in [0.25, 0.3) is 10.8 Å². The van der Waals surface area contributed by atoms with E-state index >= 15 is 0 Å². The lowest BCUT2D eigenvalue weighted by molar-refractivity contribution is 0.201. The first-order chi connectivity index (χ1) is 13.3. The van der Waals surface area contributed by atoms with E-state index in [-0.39, 0.29) is 0 Å². The molecule has 0 saturated carbocycles. The molecule has 0 bridgehead atoms. The van der Waals surface area contributed by atoms with Crippen LogP contribution in [-0.2, 0) is 0 Å². The van der Waals surface area contributed by atoms with E-state index in [1.165, 1.54) is 16.5 Å². The van der Waals surface area contributed by atoms with E-state index in [9.17, 15) is 0 Å². The molecule has 0 aliphatic carbocycles. The summed E-state index contributed by atoms with van der Waals surface area (Å²) in [6.45, 7) is 5.75. The van der Waals surface area contributed by atoms with Gasteiger partial charge < -0.3 is 14.4 Å². The van der Waals surface area contributed by atoms with Crippen molar-refractivity contribution >= 4 is 16.5 Å². The summed E-state index contributed by atoms with van der Waals surface area (Å²) in [7, 11) is 1.74. The van der Waals surface area contributed by atoms with E-state index in [0.29, 0.717) is 6.61 Å². The van der Waals surface area contributed by atoms with E-state index < -0.39 is 0 Å². The topological polar surface area (TPSA) is 24.9 Å². The summed E-state index contributed by atoms with van der Waals surface area (Å²) in [6, 6.07) is 22.9. The first kappa shape index (κ1) is 17.7. The lowest BCUT2D eigenvalue weighted by atomic mass is 10.1. The smallest absolute Gasteiger partial charge is 0.142 e. The van der Waals surface area contributed by atoms with Gasteiger partial charge in [0.15, 0.2) is 0 Å². The molecule has 0 spiro atoms. The van der Waals surface area contributed by atoms with Crippen molar-refractivity contribution in [3.05, 3.63) is 66.7 Å². The zero-order chi connectivity index (χ0) is 18.5. The highest BCUT2D eigenvalue weighted by Crippen LogP contribution is 2.28. The fourth-order valence-corrected chi connectivity index (χ4v) is 3.71. The van der Waals surface area contributed by atoms with Crippen LogP contribution in [0.3, 0.4) is 0 Å². The van der Waals surface area contributed by atoms with E-state index in [1.54, 1.807) is 7.11 Å². The van der Waals surface area contributed by atoms with Crippen molar-refractivity contribution in [2.75, 3.05) is 51.3 Å². The summed E-state index contributed by atoms with van der Waals surface area (Å²) in [4.78, 5) is 4.87. The van der Waals surface area contributed by atoms with Crippen molar-refractivity contribution in [1.82, 2.24) is 4.90 Å². The highest BCUT2D eigenvalue weighted by molar-refractivity contribution is 5.88. The van der Waals surface area contributed by atoms with Crippen LogP contribution in [-0.4, -0.2) is 51.3 Å². The fraction of sp³-hybridized carbons (Fsp3) is 0.304. The Hall–Kier alpha value is -2.72. The number of anilines is 1. The van der Waals surface area contributed by atoms with Crippen LogP contribution in [0, 0.1) is 0 Å². The molecule has 3 aromatic carbocycles. The summed E-state index contributed by atoms with van der Waals surface area (Å²) < 4.78 is 11.6. The molecule has 0 N–H and O–H groups in total. The largest absolute Gasteiger partial charge is 0.495 e. The molecule has 4 heteroatoms. The normalized spacial score (nSPS) is 15.1. The molecule has 4 rings (SSSR count). The molecule has 0 atom stereocenters. The SMILES string of the molecule is COc1ccccc1N1CCN(CCOc2cccc3ccccc23)CC1. The number of rotatable bonds is 6. The third-order valence-electron chi connectivity index (χ3n) is 5.21. The second-order valence-electron chi connectivity index (χ2n) is 6.83. The highest BCUT2D eigenvalue weighted by atomic mass is 16.5. The highest BCUT2D eigenvalue weighted by Gasteiger charge is 2.19. The lowest BCUT2D eigenvalue weighted by Crippen LogP contribution is -2.47. The Bertz CT molecular complexity index is 883. The minimum absolute atomic E-state index is 0.711. The molecular weight excluding hydrogens is 336 g/mol. The molecule has 140 valence electrons. The number of nitrogens with zero attached hydrogens (tertiary/aromatic N) is 2. The van der Waals surface area contributed by atoms with Crippen LogP contribution in [0.15, 0.2) is 66.7 Å². The van der Waals surface area contributed by atoms with Gasteiger partial charge in [-0.25, -0.2) is 0 Å². The van der Waals surface area contributed by atoms with Crippen molar-refractivity contribution in [3.8, 4) is 11.5 Å². The summed E-state index contributed by atoms with van der Waals surface area (Å²) in [6.07, 6.45) is 0. The minimum atomic E-state index is 0.711. The van der Waals surface area contributed by atoms with E-state index in [2.05, 4.69) is 64.4 Å². The number of fused-ring (bicyclic) bond motifs is 1. The zero-order valence-corrected chi connectivity index (χ0v) is 15.8. The minimum Gasteiger partial charge on any atom is -0.495 e. The number of para-hydroxylation sites is 2. The van der Waals surface area contributed by atoms with Crippen molar-refractivity contribution < 1.29 is 9.47 Å². The number of piperazine rings is 1. The first-order valence-corrected chi connectivity index (χ1v) is 9.56. The molecule has 0 aromatic heterocycles. The molecule has 1 heterocycles. The number of hydrogen-bond donors (Lipinski definition) is 0. The van der Waals surface area contributed by atoms with Gasteiger partial charge in [-0.1, -0.05) is 48.5 Å². The molecule has 0 amide bonds. The van der Waals surface area contributed by atoms with E-state index in [4.69, 9.17) is 9.47 Å². The maximum absolute atomic E-state index is 6.09. The molecule has 4 nitrogen and oxygen atoms in total. The monoisotopic (exact) mass is 362 g/mol. The third-order valence-corrected chi connectivity index (χ3v) is 5.21. The Morgan fingerprint density at radius 3 is 2.33 bits per heavy atom. The zero-order valence-electron chi connectivity index (χ0n) is 15.8. The van der Waals surface area contributed by atoms with Gasteiger partial charge >= 0.3 is 0 Å². The van der Waals surface area contributed by atoms with Gasteiger partial charge in [0.25, 0.3) is 0 Å². The van der Waals surface area contributed by atoms with Crippen molar-refractivity contribution in [2.24, 2.45) is 0 Å². The number of benzene rings is 3. The number of hydrogen-bond acceptors (Lipinski definition) is 4. The van der Waals surface area contributed by atoms with Crippen molar-refractivity contribution in [1.29, 1.82) is 0 Å². The molecule has 1 aliphatic heterocycles.